The predicted octanol–water partition coefficient (Wildman–Crippen LogP) is 4.87. The molecule has 0 atom stereocenters. The van der Waals surface area contributed by atoms with Crippen LogP contribution in [0.5, 0.6) is 0 Å². The standard InChI is InChI=1S/C15H11F3INO/c1-9-5-6-12(13(19)7-9)14(21)20-11-4-2-3-10(8-11)15(16,17)18/h2-8H,1H3,(H,20,21). The summed E-state index contributed by atoms with van der Waals surface area (Å²) < 4.78 is 38.6. The van der Waals surface area contributed by atoms with E-state index < -0.39 is 17.6 Å². The average Bonchev–Trinajstić information content (AvgIpc) is 2.37. The second kappa shape index (κ2) is 6.05. The third-order valence-corrected chi connectivity index (χ3v) is 3.71. The fraction of sp³-hybridized carbons (Fsp3) is 0.133. The molecule has 2 aromatic carbocycles. The molecule has 0 saturated heterocycles. The Bertz CT molecular complexity index is 683. The van der Waals surface area contributed by atoms with Crippen molar-refractivity contribution >= 4 is 34.2 Å². The summed E-state index contributed by atoms with van der Waals surface area (Å²) in [5.74, 6) is -0.432. The highest BCUT2D eigenvalue weighted by molar-refractivity contribution is 14.1. The number of carbonyl (C=O) groups excluding carboxylic acids is 1. The van der Waals surface area contributed by atoms with Crippen molar-refractivity contribution in [2.75, 3.05) is 5.32 Å². The van der Waals surface area contributed by atoms with Gasteiger partial charge in [0.05, 0.1) is 11.1 Å². The highest BCUT2D eigenvalue weighted by Crippen LogP contribution is 2.30. The molecule has 2 rings (SSSR count). The van der Waals surface area contributed by atoms with E-state index in [9.17, 15) is 18.0 Å². The summed E-state index contributed by atoms with van der Waals surface area (Å²) in [5, 5.41) is 2.49. The van der Waals surface area contributed by atoms with Gasteiger partial charge in [0, 0.05) is 9.26 Å². The minimum atomic E-state index is -4.43. The van der Waals surface area contributed by atoms with E-state index in [2.05, 4.69) is 5.32 Å². The summed E-state index contributed by atoms with van der Waals surface area (Å²) in [6, 6.07) is 9.84. The Morgan fingerprint density at radius 2 is 1.86 bits per heavy atom. The van der Waals surface area contributed by atoms with E-state index in [0.717, 1.165) is 21.3 Å². The van der Waals surface area contributed by atoms with Gasteiger partial charge in [0.15, 0.2) is 0 Å². The number of hydrogen-bond donors (Lipinski definition) is 1. The molecule has 0 aliphatic heterocycles. The van der Waals surface area contributed by atoms with Gasteiger partial charge in [-0.3, -0.25) is 4.79 Å². The molecule has 110 valence electrons. The van der Waals surface area contributed by atoms with Crippen LogP contribution in [0.1, 0.15) is 21.5 Å². The lowest BCUT2D eigenvalue weighted by Gasteiger charge is -2.10. The molecule has 0 unspecified atom stereocenters. The van der Waals surface area contributed by atoms with Crippen molar-refractivity contribution in [1.29, 1.82) is 0 Å². The van der Waals surface area contributed by atoms with Crippen LogP contribution in [0.15, 0.2) is 42.5 Å². The molecule has 0 spiro atoms. The van der Waals surface area contributed by atoms with Gasteiger partial charge in [-0.05, 0) is 59.8 Å². The number of aryl methyl sites for hydroxylation is 1. The number of nitrogens with one attached hydrogen (secondary N) is 1. The van der Waals surface area contributed by atoms with Crippen LogP contribution in [-0.2, 0) is 6.18 Å². The summed E-state index contributed by atoms with van der Waals surface area (Å²) in [5.41, 5.74) is 0.763. The van der Waals surface area contributed by atoms with E-state index in [0.29, 0.717) is 5.56 Å². The van der Waals surface area contributed by atoms with Gasteiger partial charge in [-0.1, -0.05) is 17.7 Å². The minimum absolute atomic E-state index is 0.117. The second-order valence-electron chi connectivity index (χ2n) is 4.52. The number of anilines is 1. The Hall–Kier alpha value is -1.57. The number of rotatable bonds is 2. The van der Waals surface area contributed by atoms with E-state index in [-0.39, 0.29) is 5.69 Å². The maximum atomic E-state index is 12.6. The highest BCUT2D eigenvalue weighted by atomic mass is 127. The van der Waals surface area contributed by atoms with Crippen LogP contribution < -0.4 is 5.32 Å². The number of carbonyl (C=O) groups is 1. The number of benzene rings is 2. The molecule has 0 aliphatic rings. The summed E-state index contributed by atoms with van der Waals surface area (Å²) in [6.45, 7) is 1.90. The lowest BCUT2D eigenvalue weighted by atomic mass is 10.1. The number of halogens is 4. The number of amides is 1. The highest BCUT2D eigenvalue weighted by Gasteiger charge is 2.30. The van der Waals surface area contributed by atoms with Gasteiger partial charge in [0.2, 0.25) is 0 Å². The van der Waals surface area contributed by atoms with Crippen LogP contribution in [-0.4, -0.2) is 5.91 Å². The first-order chi connectivity index (χ1) is 9.77. The average molecular weight is 405 g/mol. The van der Waals surface area contributed by atoms with E-state index >= 15 is 0 Å². The molecule has 0 aliphatic carbocycles. The monoisotopic (exact) mass is 405 g/mol. The molecule has 1 N–H and O–H groups in total. The molecule has 0 saturated carbocycles. The van der Waals surface area contributed by atoms with Crippen molar-refractivity contribution < 1.29 is 18.0 Å². The quantitative estimate of drug-likeness (QED) is 0.710. The van der Waals surface area contributed by atoms with Crippen molar-refractivity contribution in [2.24, 2.45) is 0 Å². The van der Waals surface area contributed by atoms with Crippen molar-refractivity contribution in [2.45, 2.75) is 13.1 Å². The third kappa shape index (κ3) is 3.96. The van der Waals surface area contributed by atoms with E-state index in [1.165, 1.54) is 12.1 Å². The van der Waals surface area contributed by atoms with Gasteiger partial charge in [-0.25, -0.2) is 0 Å². The smallest absolute Gasteiger partial charge is 0.322 e. The van der Waals surface area contributed by atoms with Gasteiger partial charge < -0.3 is 5.32 Å². The Morgan fingerprint density at radius 1 is 1.14 bits per heavy atom. The molecule has 0 heterocycles. The molecule has 0 radical (unpaired) electrons. The molecule has 1 amide bonds. The zero-order valence-electron chi connectivity index (χ0n) is 11.0. The van der Waals surface area contributed by atoms with E-state index in [1.807, 2.05) is 35.6 Å². The predicted molar refractivity (Wildman–Crippen MR) is 83.3 cm³/mol. The molecular weight excluding hydrogens is 394 g/mol. The molecule has 0 aromatic heterocycles. The fourth-order valence-corrected chi connectivity index (χ4v) is 2.69. The largest absolute Gasteiger partial charge is 0.416 e. The van der Waals surface area contributed by atoms with Crippen LogP contribution in [0.25, 0.3) is 0 Å². The van der Waals surface area contributed by atoms with Gasteiger partial charge in [0.25, 0.3) is 5.91 Å². The molecule has 2 nitrogen and oxygen atoms in total. The molecule has 0 bridgehead atoms. The first-order valence-corrected chi connectivity index (χ1v) is 7.10. The number of alkyl halides is 3. The summed E-state index contributed by atoms with van der Waals surface area (Å²) >= 11 is 2.02. The van der Waals surface area contributed by atoms with Gasteiger partial charge in [-0.15, -0.1) is 0 Å². The van der Waals surface area contributed by atoms with Gasteiger partial charge in [-0.2, -0.15) is 13.2 Å². The van der Waals surface area contributed by atoms with Gasteiger partial charge in [0.1, 0.15) is 0 Å². The normalized spacial score (nSPS) is 11.3. The van der Waals surface area contributed by atoms with Crippen LogP contribution in [0, 0.1) is 10.5 Å². The van der Waals surface area contributed by atoms with E-state index in [1.54, 1.807) is 12.1 Å². The Kier molecular flexibility index (Phi) is 4.55. The Labute approximate surface area is 133 Å². The van der Waals surface area contributed by atoms with Crippen molar-refractivity contribution in [3.05, 3.63) is 62.7 Å². The maximum Gasteiger partial charge on any atom is 0.416 e. The summed E-state index contributed by atoms with van der Waals surface area (Å²) in [4.78, 5) is 12.1. The van der Waals surface area contributed by atoms with Crippen molar-refractivity contribution in [3.8, 4) is 0 Å². The Morgan fingerprint density at radius 3 is 2.48 bits per heavy atom. The lowest BCUT2D eigenvalue weighted by Crippen LogP contribution is -2.14. The molecule has 21 heavy (non-hydrogen) atoms. The minimum Gasteiger partial charge on any atom is -0.322 e. The zero-order chi connectivity index (χ0) is 15.6. The summed E-state index contributed by atoms with van der Waals surface area (Å²) in [6.07, 6.45) is -4.43. The Balaban J connectivity index is 2.24. The van der Waals surface area contributed by atoms with Crippen LogP contribution in [0.3, 0.4) is 0 Å². The van der Waals surface area contributed by atoms with Crippen molar-refractivity contribution in [3.63, 3.8) is 0 Å². The number of hydrogen-bond acceptors (Lipinski definition) is 1. The fourth-order valence-electron chi connectivity index (χ4n) is 1.78. The molecular formula is C15H11F3INO. The lowest BCUT2D eigenvalue weighted by molar-refractivity contribution is -0.137. The molecule has 6 heteroatoms. The zero-order valence-corrected chi connectivity index (χ0v) is 13.1. The topological polar surface area (TPSA) is 29.1 Å². The molecule has 0 fully saturated rings. The van der Waals surface area contributed by atoms with Crippen LogP contribution >= 0.6 is 22.6 Å². The third-order valence-electron chi connectivity index (χ3n) is 2.82. The maximum absolute atomic E-state index is 12.6. The van der Waals surface area contributed by atoms with E-state index in [4.69, 9.17) is 0 Å². The van der Waals surface area contributed by atoms with Crippen LogP contribution in [0.2, 0.25) is 0 Å². The summed E-state index contributed by atoms with van der Waals surface area (Å²) in [7, 11) is 0. The molecule has 2 aromatic rings. The first-order valence-electron chi connectivity index (χ1n) is 6.02. The first kappa shape index (κ1) is 15.8. The van der Waals surface area contributed by atoms with Crippen LogP contribution in [0.4, 0.5) is 18.9 Å². The van der Waals surface area contributed by atoms with Crippen molar-refractivity contribution in [1.82, 2.24) is 0 Å². The SMILES string of the molecule is Cc1ccc(C(=O)Nc2cccc(C(F)(F)F)c2)c(I)c1. The second-order valence-corrected chi connectivity index (χ2v) is 5.68. The van der Waals surface area contributed by atoms with Gasteiger partial charge >= 0.3 is 6.18 Å².